The number of aromatic amines is 1. The van der Waals surface area contributed by atoms with E-state index in [-0.39, 0.29) is 12.4 Å². The summed E-state index contributed by atoms with van der Waals surface area (Å²) < 4.78 is 0. The van der Waals surface area contributed by atoms with Crippen molar-refractivity contribution in [2.75, 3.05) is 11.1 Å². The minimum absolute atomic E-state index is 0.172. The molecule has 152 valence electrons. The van der Waals surface area contributed by atoms with Gasteiger partial charge < -0.3 is 0 Å². The molecule has 1 aromatic heterocycles. The number of nitrogens with zero attached hydrogens (tertiary/aromatic N) is 3. The molecule has 0 saturated heterocycles. The van der Waals surface area contributed by atoms with Gasteiger partial charge in [-0.05, 0) is 23.4 Å². The van der Waals surface area contributed by atoms with Crippen LogP contribution < -0.4 is 5.32 Å². The Bertz CT molecular complexity index is 1060. The van der Waals surface area contributed by atoms with Gasteiger partial charge in [-0.3, -0.25) is 24.6 Å². The van der Waals surface area contributed by atoms with Crippen molar-refractivity contribution in [3.05, 3.63) is 71.3 Å². The molecule has 0 bridgehead atoms. The number of hydrogen-bond donors (Lipinski definition) is 2. The normalized spacial score (nSPS) is 14.0. The topological polar surface area (TPSA) is 108 Å². The van der Waals surface area contributed by atoms with Crippen LogP contribution in [0.15, 0.2) is 59.8 Å². The van der Waals surface area contributed by atoms with Gasteiger partial charge in [-0.2, -0.15) is 4.98 Å². The fraction of sp³-hybridized carbons (Fsp3) is 0.190. The molecule has 4 rings (SSSR count). The number of carbonyl (C=O) groups is 3. The maximum absolute atomic E-state index is 13.2. The van der Waals surface area contributed by atoms with E-state index in [1.165, 1.54) is 11.8 Å². The first-order valence-corrected chi connectivity index (χ1v) is 10.4. The van der Waals surface area contributed by atoms with E-state index in [4.69, 9.17) is 0 Å². The van der Waals surface area contributed by atoms with E-state index in [9.17, 15) is 14.4 Å². The van der Waals surface area contributed by atoms with Crippen molar-refractivity contribution in [3.63, 3.8) is 0 Å². The number of carbonyl (C=O) groups excluding carboxylic acids is 3. The lowest BCUT2D eigenvalue weighted by atomic mass is 10.0. The largest absolute Gasteiger partial charge is 0.293 e. The Labute approximate surface area is 177 Å². The van der Waals surface area contributed by atoms with Crippen molar-refractivity contribution in [2.24, 2.45) is 0 Å². The van der Waals surface area contributed by atoms with Crippen LogP contribution in [0.2, 0.25) is 0 Å². The van der Waals surface area contributed by atoms with Gasteiger partial charge in [0.1, 0.15) is 6.04 Å². The highest BCUT2D eigenvalue weighted by molar-refractivity contribution is 7.99. The molecule has 3 amide bonds. The Morgan fingerprint density at radius 2 is 1.70 bits per heavy atom. The minimum Gasteiger partial charge on any atom is -0.293 e. The molecule has 1 aliphatic heterocycles. The number of anilines is 1. The number of aromatic nitrogens is 3. The first-order chi connectivity index (χ1) is 14.6. The average Bonchev–Trinajstić information content (AvgIpc) is 3.30. The molecule has 1 atom stereocenters. The van der Waals surface area contributed by atoms with Crippen molar-refractivity contribution < 1.29 is 14.4 Å². The molecule has 9 heteroatoms. The molecule has 0 fully saturated rings. The van der Waals surface area contributed by atoms with Crippen molar-refractivity contribution >= 4 is 35.4 Å². The second-order valence-electron chi connectivity index (χ2n) is 6.62. The van der Waals surface area contributed by atoms with Crippen LogP contribution in [0, 0.1) is 0 Å². The van der Waals surface area contributed by atoms with Crippen molar-refractivity contribution in [1.82, 2.24) is 20.1 Å². The molecule has 1 unspecified atom stereocenters. The molecule has 30 heavy (non-hydrogen) atoms. The van der Waals surface area contributed by atoms with Gasteiger partial charge in [0.15, 0.2) is 0 Å². The SMILES string of the molecule is CCSc1n[nH]c(NC(=O)C(Cc2ccccc2)N2C(=O)c3ccccc3C2=O)n1. The first-order valence-electron chi connectivity index (χ1n) is 9.45. The first kappa shape index (κ1) is 19.8. The fourth-order valence-electron chi connectivity index (χ4n) is 3.33. The number of thioether (sulfide) groups is 1. The van der Waals surface area contributed by atoms with Crippen molar-refractivity contribution in [3.8, 4) is 0 Å². The molecule has 2 aromatic carbocycles. The molecular formula is C21H19N5O3S. The molecule has 0 radical (unpaired) electrons. The van der Waals surface area contributed by atoms with E-state index in [2.05, 4.69) is 20.5 Å². The zero-order chi connectivity index (χ0) is 21.1. The summed E-state index contributed by atoms with van der Waals surface area (Å²) in [5.74, 6) is -0.516. The van der Waals surface area contributed by atoms with E-state index in [0.717, 1.165) is 16.2 Å². The number of imide groups is 1. The van der Waals surface area contributed by atoms with Crippen LogP contribution in [-0.2, 0) is 11.2 Å². The molecule has 0 saturated carbocycles. The maximum Gasteiger partial charge on any atom is 0.262 e. The fourth-order valence-corrected chi connectivity index (χ4v) is 3.85. The Hall–Kier alpha value is -3.46. The summed E-state index contributed by atoms with van der Waals surface area (Å²) in [5.41, 5.74) is 1.43. The van der Waals surface area contributed by atoms with Gasteiger partial charge in [0.25, 0.3) is 11.8 Å². The summed E-state index contributed by atoms with van der Waals surface area (Å²) in [6, 6.07) is 14.8. The molecular weight excluding hydrogens is 402 g/mol. The van der Waals surface area contributed by atoms with Crippen LogP contribution in [0.1, 0.15) is 33.2 Å². The average molecular weight is 421 g/mol. The summed E-state index contributed by atoms with van der Waals surface area (Å²) in [5, 5.41) is 9.86. The molecule has 3 aromatic rings. The summed E-state index contributed by atoms with van der Waals surface area (Å²) in [6.45, 7) is 1.97. The van der Waals surface area contributed by atoms with E-state index in [0.29, 0.717) is 16.3 Å². The standard InChI is InChI=1S/C21H19N5O3S/c1-2-30-21-23-20(24-25-21)22-17(27)16(12-13-8-4-3-5-9-13)26-18(28)14-10-6-7-11-15(14)19(26)29/h3-11,16H,2,12H2,1H3,(H2,22,23,24,25,27). The summed E-state index contributed by atoms with van der Waals surface area (Å²) in [6.07, 6.45) is 0.183. The highest BCUT2D eigenvalue weighted by Crippen LogP contribution is 2.26. The van der Waals surface area contributed by atoms with Crippen LogP contribution in [0.4, 0.5) is 5.95 Å². The maximum atomic E-state index is 13.2. The molecule has 8 nitrogen and oxygen atoms in total. The zero-order valence-electron chi connectivity index (χ0n) is 16.2. The Kier molecular flexibility index (Phi) is 5.62. The number of H-pyrrole nitrogens is 1. The number of rotatable bonds is 7. The molecule has 2 N–H and O–H groups in total. The monoisotopic (exact) mass is 421 g/mol. The quantitative estimate of drug-likeness (QED) is 0.449. The molecule has 2 heterocycles. The number of amides is 3. The lowest BCUT2D eigenvalue weighted by Gasteiger charge is -2.25. The van der Waals surface area contributed by atoms with Gasteiger partial charge in [0, 0.05) is 6.42 Å². The Morgan fingerprint density at radius 1 is 1.07 bits per heavy atom. The summed E-state index contributed by atoms with van der Waals surface area (Å²) in [4.78, 5) is 44.3. The number of benzene rings is 2. The smallest absolute Gasteiger partial charge is 0.262 e. The number of nitrogens with one attached hydrogen (secondary N) is 2. The molecule has 0 spiro atoms. The van der Waals surface area contributed by atoms with Gasteiger partial charge in [-0.15, -0.1) is 5.10 Å². The van der Waals surface area contributed by atoms with Gasteiger partial charge in [-0.25, -0.2) is 5.10 Å². The van der Waals surface area contributed by atoms with Crippen LogP contribution >= 0.6 is 11.8 Å². The van der Waals surface area contributed by atoms with E-state index in [1.54, 1.807) is 24.3 Å². The third-order valence-corrected chi connectivity index (χ3v) is 5.42. The third-order valence-electron chi connectivity index (χ3n) is 4.69. The number of hydrogen-bond acceptors (Lipinski definition) is 6. The van der Waals surface area contributed by atoms with Crippen molar-refractivity contribution in [2.45, 2.75) is 24.5 Å². The van der Waals surface area contributed by atoms with Crippen LogP contribution in [0.5, 0.6) is 0 Å². The van der Waals surface area contributed by atoms with E-state index >= 15 is 0 Å². The highest BCUT2D eigenvalue weighted by Gasteiger charge is 2.42. The van der Waals surface area contributed by atoms with E-state index in [1.807, 2.05) is 37.3 Å². The van der Waals surface area contributed by atoms with Crippen LogP contribution in [0.3, 0.4) is 0 Å². The molecule has 0 aliphatic carbocycles. The predicted octanol–water partition coefficient (Wildman–Crippen LogP) is 2.76. The Morgan fingerprint density at radius 3 is 2.33 bits per heavy atom. The third kappa shape index (κ3) is 3.84. The zero-order valence-corrected chi connectivity index (χ0v) is 17.0. The predicted molar refractivity (Wildman–Crippen MR) is 112 cm³/mol. The lowest BCUT2D eigenvalue weighted by Crippen LogP contribution is -2.48. The summed E-state index contributed by atoms with van der Waals surface area (Å²) >= 11 is 1.43. The van der Waals surface area contributed by atoms with Gasteiger partial charge in [0.05, 0.1) is 11.1 Å². The summed E-state index contributed by atoms with van der Waals surface area (Å²) in [7, 11) is 0. The molecule has 1 aliphatic rings. The van der Waals surface area contributed by atoms with Crippen LogP contribution in [-0.4, -0.2) is 49.6 Å². The van der Waals surface area contributed by atoms with Crippen molar-refractivity contribution in [1.29, 1.82) is 0 Å². The second kappa shape index (κ2) is 8.50. The Balaban J connectivity index is 1.63. The van der Waals surface area contributed by atoms with Crippen LogP contribution in [0.25, 0.3) is 0 Å². The second-order valence-corrected chi connectivity index (χ2v) is 7.85. The highest BCUT2D eigenvalue weighted by atomic mass is 32.2. The van der Waals surface area contributed by atoms with Gasteiger partial charge >= 0.3 is 0 Å². The van der Waals surface area contributed by atoms with Gasteiger partial charge in [0.2, 0.25) is 17.0 Å². The lowest BCUT2D eigenvalue weighted by molar-refractivity contribution is -0.120. The van der Waals surface area contributed by atoms with Gasteiger partial charge in [-0.1, -0.05) is 61.2 Å². The number of fused-ring (bicyclic) bond motifs is 1. The van der Waals surface area contributed by atoms with E-state index < -0.39 is 23.8 Å². The minimum atomic E-state index is -1.04.